The van der Waals surface area contributed by atoms with Crippen molar-refractivity contribution < 1.29 is 0 Å². The van der Waals surface area contributed by atoms with Crippen molar-refractivity contribution in [3.05, 3.63) is 41.8 Å². The molecule has 317 valence electrons. The summed E-state index contributed by atoms with van der Waals surface area (Å²) >= 11 is 0. The van der Waals surface area contributed by atoms with Crippen LogP contribution in [0.15, 0.2) is 18.2 Å². The summed E-state index contributed by atoms with van der Waals surface area (Å²) in [5, 5.41) is 0. The third-order valence-corrected chi connectivity index (χ3v) is 12.6. The van der Waals surface area contributed by atoms with E-state index >= 15 is 0 Å². The molecule has 1 aromatic carbocycles. The van der Waals surface area contributed by atoms with Gasteiger partial charge in [-0.05, 0) is 55.2 Å². The maximum atomic E-state index is 4.17. The summed E-state index contributed by atoms with van der Waals surface area (Å²) in [6.07, 6.45) is 64.4. The van der Waals surface area contributed by atoms with E-state index in [9.17, 15) is 0 Å². The number of benzene rings is 1. The van der Waals surface area contributed by atoms with Crippen LogP contribution in [0.25, 0.3) is 0 Å². The molecule has 0 atom stereocenters. The van der Waals surface area contributed by atoms with Gasteiger partial charge in [0.25, 0.3) is 0 Å². The molecular weight excluding hydrogens is 649 g/mol. The third kappa shape index (κ3) is 34.5. The summed E-state index contributed by atoms with van der Waals surface area (Å²) in [6, 6.07) is 7.27. The van der Waals surface area contributed by atoms with Crippen molar-refractivity contribution in [3.63, 3.8) is 0 Å². The maximum Gasteiger partial charge on any atom is -0.0273 e. The monoisotopic (exact) mass is 750 g/mol. The van der Waals surface area contributed by atoms with Crippen LogP contribution < -0.4 is 0 Å². The van der Waals surface area contributed by atoms with Gasteiger partial charge in [-0.1, -0.05) is 289 Å². The Kier molecular flexibility index (Phi) is 41.1. The highest BCUT2D eigenvalue weighted by molar-refractivity contribution is 5.36. The quantitative estimate of drug-likeness (QED) is 0.0583. The fourth-order valence-electron chi connectivity index (χ4n) is 8.92. The first-order chi connectivity index (χ1) is 26.8. The molecule has 0 aliphatic carbocycles. The molecule has 0 saturated carbocycles. The van der Waals surface area contributed by atoms with Crippen LogP contribution in [0.3, 0.4) is 0 Å². The predicted octanol–water partition coefficient (Wildman–Crippen LogP) is 19.6. The van der Waals surface area contributed by atoms with Gasteiger partial charge in [0.2, 0.25) is 0 Å². The molecule has 0 heterocycles. The van der Waals surface area contributed by atoms with E-state index in [2.05, 4.69) is 39.0 Å². The summed E-state index contributed by atoms with van der Waals surface area (Å²) in [4.78, 5) is 0. The van der Waals surface area contributed by atoms with Crippen molar-refractivity contribution in [1.29, 1.82) is 0 Å². The Balaban J connectivity index is 2.00. The van der Waals surface area contributed by atoms with Gasteiger partial charge >= 0.3 is 0 Å². The Morgan fingerprint density at radius 1 is 0.278 bits per heavy atom. The van der Waals surface area contributed by atoms with Crippen molar-refractivity contribution in [2.24, 2.45) is 0 Å². The van der Waals surface area contributed by atoms with Crippen molar-refractivity contribution in [2.45, 2.75) is 303 Å². The van der Waals surface area contributed by atoms with Crippen molar-refractivity contribution in [2.75, 3.05) is 0 Å². The van der Waals surface area contributed by atoms with E-state index in [-0.39, 0.29) is 0 Å². The van der Waals surface area contributed by atoms with Crippen LogP contribution in [0.4, 0.5) is 0 Å². The third-order valence-electron chi connectivity index (χ3n) is 12.6. The van der Waals surface area contributed by atoms with E-state index in [0.29, 0.717) is 0 Å². The molecule has 0 nitrogen and oxygen atoms in total. The van der Waals surface area contributed by atoms with Gasteiger partial charge in [-0.25, -0.2) is 0 Å². The zero-order valence-electron chi connectivity index (χ0n) is 37.8. The second kappa shape index (κ2) is 43.3. The number of unbranched alkanes of at least 4 members (excludes halogenated alkanes) is 39. The number of hydrogen-bond acceptors (Lipinski definition) is 0. The van der Waals surface area contributed by atoms with Crippen LogP contribution in [-0.4, -0.2) is 0 Å². The molecule has 1 rings (SSSR count). The molecule has 0 aliphatic rings. The Morgan fingerprint density at radius 3 is 0.722 bits per heavy atom. The van der Waals surface area contributed by atoms with E-state index in [1.54, 1.807) is 16.7 Å². The zero-order valence-corrected chi connectivity index (χ0v) is 37.8. The van der Waals surface area contributed by atoms with Gasteiger partial charge in [0, 0.05) is 0 Å². The summed E-state index contributed by atoms with van der Waals surface area (Å²) in [5.41, 5.74) is 5.03. The minimum atomic E-state index is 1.06. The Hall–Kier alpha value is -0.780. The first kappa shape index (κ1) is 51.2. The molecule has 0 heteroatoms. The van der Waals surface area contributed by atoms with Crippen LogP contribution in [-0.2, 0) is 19.3 Å². The van der Waals surface area contributed by atoms with Gasteiger partial charge in [-0.2, -0.15) is 0 Å². The zero-order chi connectivity index (χ0) is 38.7. The van der Waals surface area contributed by atoms with Gasteiger partial charge in [0.05, 0.1) is 0 Å². The lowest BCUT2D eigenvalue weighted by Gasteiger charge is -2.15. The lowest BCUT2D eigenvalue weighted by molar-refractivity contribution is 0.521. The lowest BCUT2D eigenvalue weighted by atomic mass is 9.90. The van der Waals surface area contributed by atoms with Gasteiger partial charge < -0.3 is 0 Å². The van der Waals surface area contributed by atoms with E-state index < -0.39 is 0 Å². The van der Waals surface area contributed by atoms with Gasteiger partial charge in [0.15, 0.2) is 0 Å². The fraction of sp³-hybridized carbons (Fsp3) is 0.870. The average molecular weight is 750 g/mol. The molecule has 0 fully saturated rings. The fourth-order valence-corrected chi connectivity index (χ4v) is 8.92. The van der Waals surface area contributed by atoms with Crippen LogP contribution in [0.1, 0.15) is 300 Å². The Labute approximate surface area is 343 Å². The first-order valence-electron chi connectivity index (χ1n) is 25.7. The average Bonchev–Trinajstić information content (AvgIpc) is 3.19. The Bertz CT molecular complexity index is 774. The highest BCUT2D eigenvalue weighted by Crippen LogP contribution is 2.24. The smallest absolute Gasteiger partial charge is 0.0273 e. The maximum absolute atomic E-state index is 4.17. The largest absolute Gasteiger partial charge is 0.0654 e. The minimum absolute atomic E-state index is 1.06. The first-order valence-corrected chi connectivity index (χ1v) is 25.7. The Morgan fingerprint density at radius 2 is 0.500 bits per heavy atom. The normalized spacial score (nSPS) is 11.6. The van der Waals surface area contributed by atoms with Crippen molar-refractivity contribution in [3.8, 4) is 0 Å². The molecule has 0 N–H and O–H groups in total. The molecular formula is C54H101. The van der Waals surface area contributed by atoms with E-state index in [1.807, 2.05) is 0 Å². The molecule has 0 amide bonds. The van der Waals surface area contributed by atoms with Gasteiger partial charge in [0.1, 0.15) is 0 Å². The summed E-state index contributed by atoms with van der Waals surface area (Å²) in [5.74, 6) is 0. The van der Waals surface area contributed by atoms with Crippen LogP contribution in [0.2, 0.25) is 0 Å². The van der Waals surface area contributed by atoms with Gasteiger partial charge in [-0.3, -0.25) is 0 Å². The highest BCUT2D eigenvalue weighted by Gasteiger charge is 2.09. The molecule has 0 unspecified atom stereocenters. The number of rotatable bonds is 45. The number of aryl methyl sites for hydroxylation is 2. The van der Waals surface area contributed by atoms with E-state index in [0.717, 1.165) is 6.42 Å². The molecule has 0 bridgehead atoms. The summed E-state index contributed by atoms with van der Waals surface area (Å²) < 4.78 is 0. The highest BCUT2D eigenvalue weighted by atomic mass is 14.1. The van der Waals surface area contributed by atoms with Crippen LogP contribution in [0.5, 0.6) is 0 Å². The lowest BCUT2D eigenvalue weighted by Crippen LogP contribution is -2.02. The SMILES string of the molecule is [CH2]CCCc1c(CCCCCCCCCCCCCCCCCCCCCC)cccc1CCCCCCCCCCCCCCCCCCCCCC. The molecule has 54 heavy (non-hydrogen) atoms. The van der Waals surface area contributed by atoms with Crippen LogP contribution >= 0.6 is 0 Å². The molecule has 0 aromatic heterocycles. The predicted molar refractivity (Wildman–Crippen MR) is 248 cm³/mol. The second-order valence-corrected chi connectivity index (χ2v) is 17.9. The standard InChI is InChI=1S/C54H101/c1-4-7-10-12-14-16-18-20-22-24-26-28-30-32-34-36-38-40-42-44-47-52-49-46-50-53(54(52)51-9-6-3)48-45-43-41-39-37-35-33-31-29-27-25-23-21-19-17-15-13-11-8-5-2/h46,49-50H,3-45,47-48,51H2,1-2H3. The second-order valence-electron chi connectivity index (χ2n) is 17.9. The molecule has 0 aliphatic heterocycles. The minimum Gasteiger partial charge on any atom is -0.0654 e. The van der Waals surface area contributed by atoms with Gasteiger partial charge in [-0.15, -0.1) is 0 Å². The summed E-state index contributed by atoms with van der Waals surface area (Å²) in [7, 11) is 0. The van der Waals surface area contributed by atoms with E-state index in [4.69, 9.17) is 0 Å². The molecule has 1 radical (unpaired) electrons. The molecule has 1 aromatic rings. The van der Waals surface area contributed by atoms with Crippen molar-refractivity contribution in [1.82, 2.24) is 0 Å². The molecule has 0 saturated heterocycles. The number of hydrogen-bond donors (Lipinski definition) is 0. The van der Waals surface area contributed by atoms with Crippen LogP contribution in [0, 0.1) is 6.92 Å². The van der Waals surface area contributed by atoms with Crippen molar-refractivity contribution >= 4 is 0 Å². The summed E-state index contributed by atoms with van der Waals surface area (Å²) in [6.45, 7) is 8.80. The topological polar surface area (TPSA) is 0 Å². The molecule has 0 spiro atoms. The van der Waals surface area contributed by atoms with E-state index in [1.165, 1.54) is 283 Å².